The van der Waals surface area contributed by atoms with Gasteiger partial charge in [-0.1, -0.05) is 11.6 Å². The van der Waals surface area contributed by atoms with Crippen molar-refractivity contribution in [3.8, 4) is 17.1 Å². The lowest BCUT2D eigenvalue weighted by atomic mass is 10.1. The zero-order valence-electron chi connectivity index (χ0n) is 16.8. The van der Waals surface area contributed by atoms with Gasteiger partial charge in [0.15, 0.2) is 6.54 Å². The molecular formula is C22H18Cl2N2O6. The van der Waals surface area contributed by atoms with Gasteiger partial charge in [-0.05, 0) is 54.6 Å². The molecule has 32 heavy (non-hydrogen) atoms. The highest BCUT2D eigenvalue weighted by molar-refractivity contribution is 6.31. The third-order valence-electron chi connectivity index (χ3n) is 4.31. The average Bonchev–Trinajstić information content (AvgIpc) is 2.77. The Morgan fingerprint density at radius 2 is 1.75 bits per heavy atom. The van der Waals surface area contributed by atoms with Crippen molar-refractivity contribution < 1.29 is 43.0 Å². The van der Waals surface area contributed by atoms with Crippen LogP contribution in [0.25, 0.3) is 22.3 Å². The third-order valence-corrected chi connectivity index (χ3v) is 4.54. The predicted octanol–water partition coefficient (Wildman–Crippen LogP) is -1.42. The topological polar surface area (TPSA) is 141 Å². The third kappa shape index (κ3) is 7.03. The van der Waals surface area contributed by atoms with E-state index in [0.717, 1.165) is 39.0 Å². The van der Waals surface area contributed by atoms with Crippen molar-refractivity contribution in [1.82, 2.24) is 4.98 Å². The molecular weight excluding hydrogens is 459 g/mol. The molecule has 8 nitrogen and oxygen atoms in total. The molecule has 0 fully saturated rings. The summed E-state index contributed by atoms with van der Waals surface area (Å²) in [6.07, 6.45) is 3.61. The van der Waals surface area contributed by atoms with Crippen molar-refractivity contribution in [2.24, 2.45) is 0 Å². The monoisotopic (exact) mass is 476 g/mol. The second-order valence-electron chi connectivity index (χ2n) is 6.49. The molecule has 0 atom stereocenters. The highest BCUT2D eigenvalue weighted by Crippen LogP contribution is 2.25. The van der Waals surface area contributed by atoms with Crippen molar-refractivity contribution >= 4 is 22.6 Å². The molecule has 0 aliphatic heterocycles. The van der Waals surface area contributed by atoms with Gasteiger partial charge >= 0.3 is 0 Å². The van der Waals surface area contributed by atoms with Gasteiger partial charge in [0.2, 0.25) is 5.36 Å². The number of aromatic nitrogens is 1. The van der Waals surface area contributed by atoms with Crippen molar-refractivity contribution in [1.29, 1.82) is 0 Å². The van der Waals surface area contributed by atoms with Crippen molar-refractivity contribution in [2.45, 2.75) is 6.54 Å². The molecule has 2 heterocycles. The zero-order valence-corrected chi connectivity index (χ0v) is 18.3. The lowest BCUT2D eigenvalue weighted by Crippen LogP contribution is -2.75. The maximum Gasteiger partial charge on any atom is 0.213 e. The van der Waals surface area contributed by atoms with E-state index in [4.69, 9.17) is 39.4 Å². The number of halogens is 2. The lowest BCUT2D eigenvalue weighted by Gasteiger charge is -2.17. The maximum absolute atomic E-state index is 8.49. The Morgan fingerprint density at radius 1 is 1.03 bits per heavy atom. The number of hydrogen-bond acceptors (Lipinski definition) is 7. The predicted molar refractivity (Wildman–Crippen MR) is 105 cm³/mol. The van der Waals surface area contributed by atoms with Crippen LogP contribution in [0.5, 0.6) is 5.75 Å². The van der Waals surface area contributed by atoms with Gasteiger partial charge in [0, 0.05) is 28.5 Å². The fourth-order valence-electron chi connectivity index (χ4n) is 2.90. The summed E-state index contributed by atoms with van der Waals surface area (Å²) in [5.41, 5.74) is 2.83. The van der Waals surface area contributed by atoms with E-state index < -0.39 is 10.2 Å². The standard InChI is InChI=1S/C22H17ClN2O2.ClHO4/c1-26-18-7-4-16(5-8-18)22-12-20(25-14-15-3-2-10-24-13-15)19-11-17(23)6-9-21(19)27-22;2-1(3,4)5/h2-13H,14H2,1H3;(H,2,3,4,5). The molecule has 0 bridgehead atoms. The van der Waals surface area contributed by atoms with Crippen molar-refractivity contribution in [3.63, 3.8) is 0 Å². The van der Waals surface area contributed by atoms with E-state index in [-0.39, 0.29) is 0 Å². The van der Waals surface area contributed by atoms with Crippen LogP contribution in [0.4, 0.5) is 0 Å². The normalized spacial score (nSPS) is 11.8. The van der Waals surface area contributed by atoms with Crippen LogP contribution in [-0.4, -0.2) is 12.1 Å². The highest BCUT2D eigenvalue weighted by atomic mass is 35.7. The maximum atomic E-state index is 8.49. The van der Waals surface area contributed by atoms with E-state index >= 15 is 0 Å². The summed E-state index contributed by atoms with van der Waals surface area (Å²) < 4.78 is 45.3. The van der Waals surface area contributed by atoms with Crippen molar-refractivity contribution in [2.75, 3.05) is 7.11 Å². The van der Waals surface area contributed by atoms with E-state index in [1.165, 1.54) is 0 Å². The zero-order chi connectivity index (χ0) is 23.1. The number of nitrogens with zero attached hydrogens (tertiary/aromatic N) is 1. The Morgan fingerprint density at radius 3 is 2.38 bits per heavy atom. The van der Waals surface area contributed by atoms with Gasteiger partial charge in [-0.2, -0.15) is 0 Å². The van der Waals surface area contributed by atoms with Gasteiger partial charge < -0.3 is 9.15 Å². The Kier molecular flexibility index (Phi) is 7.81. The SMILES string of the molecule is COc1ccc(-c2cc(=[NH+]Cc3cccnc3)c3cc(Cl)ccc3o2)cc1.[O-][Cl+3]([O-])([O-])[O-]. The summed E-state index contributed by atoms with van der Waals surface area (Å²) in [5.74, 6) is 1.57. The second-order valence-corrected chi connectivity index (χ2v) is 7.68. The molecule has 0 saturated carbocycles. The fraction of sp³-hybridized carbons (Fsp3) is 0.0909. The van der Waals surface area contributed by atoms with E-state index in [1.807, 2.05) is 66.9 Å². The fourth-order valence-corrected chi connectivity index (χ4v) is 3.07. The molecule has 0 saturated heterocycles. The molecule has 10 heteroatoms. The van der Waals surface area contributed by atoms with E-state index in [0.29, 0.717) is 11.6 Å². The molecule has 166 valence electrons. The van der Waals surface area contributed by atoms with Crippen LogP contribution in [0.2, 0.25) is 5.02 Å². The minimum absolute atomic E-state index is 0.654. The molecule has 2 aromatic carbocycles. The summed E-state index contributed by atoms with van der Waals surface area (Å²) in [5, 5.41) is 2.55. The molecule has 4 rings (SSSR count). The first-order valence-corrected chi connectivity index (χ1v) is 10.8. The molecule has 4 aromatic rings. The Balaban J connectivity index is 0.000000523. The van der Waals surface area contributed by atoms with Crippen LogP contribution in [0.1, 0.15) is 5.56 Å². The number of ether oxygens (including phenoxy) is 1. The number of pyridine rings is 1. The Labute approximate surface area is 190 Å². The van der Waals surface area contributed by atoms with Crippen LogP contribution in [0.3, 0.4) is 0 Å². The molecule has 2 aromatic heterocycles. The molecule has 0 radical (unpaired) electrons. The number of fused-ring (bicyclic) bond motifs is 1. The Bertz CT molecular complexity index is 1230. The van der Waals surface area contributed by atoms with Gasteiger partial charge in [0.25, 0.3) is 0 Å². The van der Waals surface area contributed by atoms with Crippen LogP contribution in [-0.2, 0) is 6.54 Å². The first-order valence-electron chi connectivity index (χ1n) is 9.18. The molecule has 0 unspecified atom stereocenters. The van der Waals surface area contributed by atoms with Gasteiger partial charge in [0.05, 0.1) is 18.6 Å². The average molecular weight is 477 g/mol. The minimum atomic E-state index is -4.94. The number of nitrogens with one attached hydrogen (secondary N) is 1. The quantitative estimate of drug-likeness (QED) is 0.380. The Hall–Kier alpha value is -2.98. The molecule has 0 aliphatic rings. The molecule has 0 spiro atoms. The largest absolute Gasteiger partial charge is 0.497 e. The first-order chi connectivity index (χ1) is 15.2. The van der Waals surface area contributed by atoms with Crippen LogP contribution in [0.15, 0.2) is 77.5 Å². The van der Waals surface area contributed by atoms with Crippen LogP contribution < -0.4 is 33.7 Å². The number of hydrogen-bond donors (Lipinski definition) is 1. The molecule has 1 N–H and O–H groups in total. The molecule has 0 aliphatic carbocycles. The summed E-state index contributed by atoms with van der Waals surface area (Å²) >= 11 is 6.20. The smallest absolute Gasteiger partial charge is 0.213 e. The number of benzene rings is 2. The van der Waals surface area contributed by atoms with Crippen molar-refractivity contribution in [3.05, 3.63) is 89.0 Å². The number of rotatable bonds is 4. The second kappa shape index (κ2) is 10.6. The summed E-state index contributed by atoms with van der Waals surface area (Å²) in [6.45, 7) is 0.654. The van der Waals surface area contributed by atoms with E-state index in [2.05, 4.69) is 9.98 Å². The van der Waals surface area contributed by atoms with Gasteiger partial charge in [-0.3, -0.25) is 4.98 Å². The van der Waals surface area contributed by atoms with Crippen LogP contribution in [0, 0.1) is 10.2 Å². The summed E-state index contributed by atoms with van der Waals surface area (Å²) in [4.78, 5) is 7.64. The summed E-state index contributed by atoms with van der Waals surface area (Å²) in [7, 11) is -3.29. The molecule has 0 amide bonds. The first kappa shape index (κ1) is 23.7. The minimum Gasteiger partial charge on any atom is -0.497 e. The van der Waals surface area contributed by atoms with Crippen LogP contribution >= 0.6 is 11.6 Å². The van der Waals surface area contributed by atoms with E-state index in [1.54, 1.807) is 13.3 Å². The van der Waals surface area contributed by atoms with E-state index in [9.17, 15) is 0 Å². The lowest BCUT2D eigenvalue weighted by molar-refractivity contribution is -2.00. The highest BCUT2D eigenvalue weighted by Gasteiger charge is 2.10. The van der Waals surface area contributed by atoms with Gasteiger partial charge in [-0.25, -0.2) is 23.6 Å². The summed E-state index contributed by atoms with van der Waals surface area (Å²) in [6, 6.07) is 19.4. The van der Waals surface area contributed by atoms with Gasteiger partial charge in [-0.15, -0.1) is 10.2 Å². The number of methoxy groups -OCH3 is 1. The van der Waals surface area contributed by atoms with Gasteiger partial charge in [0.1, 0.15) is 17.1 Å².